The van der Waals surface area contributed by atoms with Gasteiger partial charge in [0.1, 0.15) is 6.61 Å². The second kappa shape index (κ2) is 12.3. The Morgan fingerprint density at radius 2 is 1.63 bits per heavy atom. The Morgan fingerprint density at radius 1 is 0.900 bits per heavy atom. The summed E-state index contributed by atoms with van der Waals surface area (Å²) in [7, 11) is 5.30. The predicted molar refractivity (Wildman–Crippen MR) is 121 cm³/mol. The fraction of sp³-hybridized carbons (Fsp3) is 0.500. The average molecular weight is 419 g/mol. The summed E-state index contributed by atoms with van der Waals surface area (Å²) < 4.78 is 30.9. The Hall–Kier alpha value is -2.47. The van der Waals surface area contributed by atoms with E-state index in [0.29, 0.717) is 30.4 Å². The minimum atomic E-state index is -0.327. The zero-order valence-electron chi connectivity index (χ0n) is 18.9. The van der Waals surface area contributed by atoms with Crippen LogP contribution in [0, 0.1) is 5.82 Å². The first-order chi connectivity index (χ1) is 14.5. The molecule has 2 aromatic rings. The summed E-state index contributed by atoms with van der Waals surface area (Å²) in [6.45, 7) is 7.89. The topological polar surface area (TPSA) is 34.2 Å². The van der Waals surface area contributed by atoms with Crippen LogP contribution in [0.1, 0.15) is 32.3 Å². The molecule has 0 bridgehead atoms. The van der Waals surface area contributed by atoms with Gasteiger partial charge in [0.2, 0.25) is 0 Å². The number of hydrogen-bond acceptors (Lipinski definition) is 5. The van der Waals surface area contributed by atoms with E-state index in [1.54, 1.807) is 26.4 Å². The molecule has 6 heteroatoms. The van der Waals surface area contributed by atoms with Gasteiger partial charge in [0.05, 0.1) is 14.2 Å². The predicted octanol–water partition coefficient (Wildman–Crippen LogP) is 4.98. The van der Waals surface area contributed by atoms with E-state index in [4.69, 9.17) is 14.2 Å². The van der Waals surface area contributed by atoms with Gasteiger partial charge in [-0.05, 0) is 56.8 Å². The molecule has 0 fully saturated rings. The Bertz CT molecular complexity index is 785. The summed E-state index contributed by atoms with van der Waals surface area (Å²) in [5.41, 5.74) is 1.88. The van der Waals surface area contributed by atoms with Gasteiger partial charge in [-0.25, -0.2) is 4.39 Å². The number of rotatable bonds is 13. The highest BCUT2D eigenvalue weighted by Crippen LogP contribution is 2.32. The van der Waals surface area contributed by atoms with Crippen LogP contribution in [0.4, 0.5) is 10.1 Å². The molecule has 0 aliphatic heterocycles. The molecular formula is C24H35FN2O3. The number of halogens is 1. The lowest BCUT2D eigenvalue weighted by molar-refractivity contribution is 0.229. The van der Waals surface area contributed by atoms with Crippen LogP contribution >= 0.6 is 0 Å². The third-order valence-corrected chi connectivity index (χ3v) is 5.11. The van der Waals surface area contributed by atoms with Gasteiger partial charge in [-0.2, -0.15) is 0 Å². The molecule has 0 saturated heterocycles. The van der Waals surface area contributed by atoms with Gasteiger partial charge in [0, 0.05) is 31.4 Å². The monoisotopic (exact) mass is 418 g/mol. The van der Waals surface area contributed by atoms with Gasteiger partial charge in [-0.3, -0.25) is 0 Å². The second-order valence-electron chi connectivity index (χ2n) is 7.32. The molecule has 166 valence electrons. The van der Waals surface area contributed by atoms with Crippen molar-refractivity contribution >= 4 is 5.69 Å². The van der Waals surface area contributed by atoms with Crippen molar-refractivity contribution in [2.45, 2.75) is 33.2 Å². The molecule has 0 spiro atoms. The minimum Gasteiger partial charge on any atom is -0.493 e. The molecule has 0 heterocycles. The molecule has 0 aliphatic rings. The fourth-order valence-corrected chi connectivity index (χ4v) is 3.24. The van der Waals surface area contributed by atoms with Gasteiger partial charge in [-0.15, -0.1) is 0 Å². The summed E-state index contributed by atoms with van der Waals surface area (Å²) in [4.78, 5) is 4.36. The molecule has 2 aromatic carbocycles. The van der Waals surface area contributed by atoms with Crippen LogP contribution in [0.2, 0.25) is 0 Å². The molecule has 2 rings (SSSR count). The molecule has 0 radical (unpaired) electrons. The van der Waals surface area contributed by atoms with Crippen molar-refractivity contribution < 1.29 is 18.6 Å². The van der Waals surface area contributed by atoms with Crippen molar-refractivity contribution in [2.24, 2.45) is 0 Å². The van der Waals surface area contributed by atoms with Gasteiger partial charge >= 0.3 is 0 Å². The Balaban J connectivity index is 2.00. The van der Waals surface area contributed by atoms with Crippen LogP contribution in [0.25, 0.3) is 0 Å². The van der Waals surface area contributed by atoms with Crippen LogP contribution in [0.15, 0.2) is 36.4 Å². The SMILES string of the molecule is CCCCN(C)CCOc1ccc(CN(CC)c2ccc(OC)c(OC)c2)cc1F. The first-order valence-corrected chi connectivity index (χ1v) is 10.6. The van der Waals surface area contributed by atoms with Gasteiger partial charge in [-0.1, -0.05) is 19.4 Å². The summed E-state index contributed by atoms with van der Waals surface area (Å²) in [5.74, 6) is 1.33. The lowest BCUT2D eigenvalue weighted by atomic mass is 10.1. The van der Waals surface area contributed by atoms with Gasteiger partial charge < -0.3 is 24.0 Å². The van der Waals surface area contributed by atoms with E-state index in [9.17, 15) is 4.39 Å². The summed E-state index contributed by atoms with van der Waals surface area (Å²) in [6.07, 6.45) is 2.33. The largest absolute Gasteiger partial charge is 0.493 e. The molecule has 0 saturated carbocycles. The minimum absolute atomic E-state index is 0.303. The molecule has 0 aliphatic carbocycles. The number of methoxy groups -OCH3 is 2. The number of hydrogen-bond donors (Lipinski definition) is 0. The van der Waals surface area contributed by atoms with Crippen molar-refractivity contribution in [1.29, 1.82) is 0 Å². The summed E-state index contributed by atoms with van der Waals surface area (Å²) in [5, 5.41) is 0. The molecule has 0 unspecified atom stereocenters. The number of benzene rings is 2. The van der Waals surface area contributed by atoms with Crippen molar-refractivity contribution in [3.8, 4) is 17.2 Å². The molecule has 0 atom stereocenters. The van der Waals surface area contributed by atoms with Crippen LogP contribution in [0.5, 0.6) is 17.2 Å². The second-order valence-corrected chi connectivity index (χ2v) is 7.32. The Kier molecular flexibility index (Phi) is 9.74. The number of likely N-dealkylation sites (N-methyl/N-ethyl adjacent to an activating group) is 1. The van der Waals surface area contributed by atoms with Crippen molar-refractivity contribution in [2.75, 3.05) is 52.4 Å². The third-order valence-electron chi connectivity index (χ3n) is 5.11. The maximum atomic E-state index is 14.6. The van der Waals surface area contributed by atoms with E-state index in [1.165, 1.54) is 6.42 Å². The molecule has 0 amide bonds. The van der Waals surface area contributed by atoms with E-state index in [0.717, 1.165) is 37.3 Å². The summed E-state index contributed by atoms with van der Waals surface area (Å²) >= 11 is 0. The van der Waals surface area contributed by atoms with Crippen molar-refractivity contribution in [3.63, 3.8) is 0 Å². The third kappa shape index (κ3) is 6.80. The first kappa shape index (κ1) is 23.8. The van der Waals surface area contributed by atoms with Crippen LogP contribution in [-0.2, 0) is 6.54 Å². The normalized spacial score (nSPS) is 10.9. The summed E-state index contributed by atoms with van der Waals surface area (Å²) in [6, 6.07) is 11.0. The number of ether oxygens (including phenoxy) is 3. The van der Waals surface area contributed by atoms with Crippen molar-refractivity contribution in [3.05, 3.63) is 47.8 Å². The standard InChI is InChI=1S/C24H35FN2O3/c1-6-8-13-26(3)14-15-30-22-11-9-19(16-21(22)25)18-27(7-2)20-10-12-23(28-4)24(17-20)29-5/h9-12,16-17H,6-8,13-15,18H2,1-5H3. The molecular weight excluding hydrogens is 383 g/mol. The Labute approximate surface area is 180 Å². The van der Waals surface area contributed by atoms with E-state index in [2.05, 4.69) is 30.7 Å². The van der Waals surface area contributed by atoms with Crippen LogP contribution < -0.4 is 19.1 Å². The van der Waals surface area contributed by atoms with Crippen LogP contribution in [0.3, 0.4) is 0 Å². The number of nitrogens with zero attached hydrogens (tertiary/aromatic N) is 2. The highest BCUT2D eigenvalue weighted by atomic mass is 19.1. The van der Waals surface area contributed by atoms with E-state index in [1.807, 2.05) is 24.3 Å². The fourth-order valence-electron chi connectivity index (χ4n) is 3.24. The molecule has 0 N–H and O–H groups in total. The quantitative estimate of drug-likeness (QED) is 0.458. The zero-order chi connectivity index (χ0) is 21.9. The molecule has 30 heavy (non-hydrogen) atoms. The van der Waals surface area contributed by atoms with E-state index < -0.39 is 0 Å². The van der Waals surface area contributed by atoms with E-state index in [-0.39, 0.29) is 5.82 Å². The van der Waals surface area contributed by atoms with Crippen molar-refractivity contribution in [1.82, 2.24) is 4.90 Å². The smallest absolute Gasteiger partial charge is 0.165 e. The maximum absolute atomic E-state index is 14.6. The lowest BCUT2D eigenvalue weighted by Crippen LogP contribution is -2.25. The molecule has 5 nitrogen and oxygen atoms in total. The molecule has 0 aromatic heterocycles. The Morgan fingerprint density at radius 3 is 2.27 bits per heavy atom. The average Bonchev–Trinajstić information content (AvgIpc) is 2.76. The number of anilines is 1. The highest BCUT2D eigenvalue weighted by Gasteiger charge is 2.12. The highest BCUT2D eigenvalue weighted by molar-refractivity contribution is 5.56. The van der Waals surface area contributed by atoms with Gasteiger partial charge in [0.15, 0.2) is 23.1 Å². The maximum Gasteiger partial charge on any atom is 0.165 e. The van der Waals surface area contributed by atoms with E-state index >= 15 is 0 Å². The van der Waals surface area contributed by atoms with Gasteiger partial charge in [0.25, 0.3) is 0 Å². The number of unbranched alkanes of at least 4 members (excludes halogenated alkanes) is 1. The first-order valence-electron chi connectivity index (χ1n) is 10.6. The lowest BCUT2D eigenvalue weighted by Gasteiger charge is -2.24. The van der Waals surface area contributed by atoms with Crippen LogP contribution in [-0.4, -0.2) is 52.4 Å². The zero-order valence-corrected chi connectivity index (χ0v) is 18.9.